The van der Waals surface area contributed by atoms with E-state index >= 15 is 0 Å². The SMILES string of the molecule is CCCCC(C)C(c1ccccc1)C(C)c1ccccc1. The Labute approximate surface area is 130 Å². The zero-order valence-corrected chi connectivity index (χ0v) is 13.6. The van der Waals surface area contributed by atoms with Crippen LogP contribution in [0.25, 0.3) is 0 Å². The van der Waals surface area contributed by atoms with Crippen LogP contribution in [0.1, 0.15) is 63.0 Å². The van der Waals surface area contributed by atoms with Crippen molar-refractivity contribution in [1.82, 2.24) is 0 Å². The molecule has 0 saturated heterocycles. The number of benzene rings is 2. The predicted octanol–water partition coefficient (Wildman–Crippen LogP) is 6.40. The highest BCUT2D eigenvalue weighted by Gasteiger charge is 2.25. The van der Waals surface area contributed by atoms with Gasteiger partial charge in [-0.25, -0.2) is 0 Å². The van der Waals surface area contributed by atoms with Crippen molar-refractivity contribution in [1.29, 1.82) is 0 Å². The minimum Gasteiger partial charge on any atom is -0.0654 e. The van der Waals surface area contributed by atoms with E-state index < -0.39 is 0 Å². The van der Waals surface area contributed by atoms with Crippen LogP contribution < -0.4 is 0 Å². The van der Waals surface area contributed by atoms with E-state index in [1.54, 1.807) is 0 Å². The lowest BCUT2D eigenvalue weighted by Crippen LogP contribution is -2.17. The van der Waals surface area contributed by atoms with Crippen LogP contribution in [-0.4, -0.2) is 0 Å². The van der Waals surface area contributed by atoms with Crippen LogP contribution in [0.15, 0.2) is 60.7 Å². The van der Waals surface area contributed by atoms with Gasteiger partial charge in [-0.05, 0) is 28.9 Å². The average Bonchev–Trinajstić information content (AvgIpc) is 2.55. The molecule has 3 atom stereocenters. The van der Waals surface area contributed by atoms with Crippen molar-refractivity contribution >= 4 is 0 Å². The second kappa shape index (κ2) is 8.02. The normalized spacial score (nSPS) is 15.4. The van der Waals surface area contributed by atoms with E-state index in [9.17, 15) is 0 Å². The summed E-state index contributed by atoms with van der Waals surface area (Å²) in [6.07, 6.45) is 3.92. The van der Waals surface area contributed by atoms with Gasteiger partial charge in [0.05, 0.1) is 0 Å². The van der Waals surface area contributed by atoms with Crippen molar-refractivity contribution in [3.05, 3.63) is 71.8 Å². The summed E-state index contributed by atoms with van der Waals surface area (Å²) >= 11 is 0. The van der Waals surface area contributed by atoms with Gasteiger partial charge in [-0.1, -0.05) is 101 Å². The van der Waals surface area contributed by atoms with Gasteiger partial charge in [0.15, 0.2) is 0 Å². The summed E-state index contributed by atoms with van der Waals surface area (Å²) in [5.74, 6) is 1.86. The molecule has 0 aliphatic rings. The van der Waals surface area contributed by atoms with Crippen LogP contribution in [0.2, 0.25) is 0 Å². The smallest absolute Gasteiger partial charge is 0.00700 e. The molecule has 0 radical (unpaired) electrons. The lowest BCUT2D eigenvalue weighted by atomic mass is 9.74. The highest BCUT2D eigenvalue weighted by molar-refractivity contribution is 5.28. The molecule has 0 aliphatic carbocycles. The van der Waals surface area contributed by atoms with Crippen molar-refractivity contribution in [2.24, 2.45) is 5.92 Å². The third kappa shape index (κ3) is 4.20. The van der Waals surface area contributed by atoms with Crippen LogP contribution in [0, 0.1) is 5.92 Å². The highest BCUT2D eigenvalue weighted by Crippen LogP contribution is 2.40. The predicted molar refractivity (Wildman–Crippen MR) is 92.7 cm³/mol. The van der Waals surface area contributed by atoms with Crippen molar-refractivity contribution in [2.75, 3.05) is 0 Å². The van der Waals surface area contributed by atoms with Gasteiger partial charge in [0, 0.05) is 0 Å². The van der Waals surface area contributed by atoms with Crippen LogP contribution in [0.5, 0.6) is 0 Å². The first-order chi connectivity index (χ1) is 10.2. The molecule has 0 nitrogen and oxygen atoms in total. The van der Waals surface area contributed by atoms with Gasteiger partial charge < -0.3 is 0 Å². The van der Waals surface area contributed by atoms with Crippen molar-refractivity contribution in [3.8, 4) is 0 Å². The van der Waals surface area contributed by atoms with E-state index in [1.165, 1.54) is 30.4 Å². The van der Waals surface area contributed by atoms with Gasteiger partial charge in [0.25, 0.3) is 0 Å². The van der Waals surface area contributed by atoms with Gasteiger partial charge >= 0.3 is 0 Å². The van der Waals surface area contributed by atoms with E-state index in [-0.39, 0.29) is 0 Å². The third-order valence-corrected chi connectivity index (χ3v) is 4.67. The molecular weight excluding hydrogens is 252 g/mol. The molecule has 0 spiro atoms. The molecule has 0 amide bonds. The molecule has 112 valence electrons. The molecule has 2 aromatic rings. The lowest BCUT2D eigenvalue weighted by molar-refractivity contribution is 0.374. The van der Waals surface area contributed by atoms with E-state index in [2.05, 4.69) is 81.4 Å². The summed E-state index contributed by atoms with van der Waals surface area (Å²) in [5.41, 5.74) is 2.94. The van der Waals surface area contributed by atoms with Crippen LogP contribution >= 0.6 is 0 Å². The van der Waals surface area contributed by atoms with E-state index in [4.69, 9.17) is 0 Å². The first-order valence-corrected chi connectivity index (χ1v) is 8.34. The topological polar surface area (TPSA) is 0 Å². The largest absolute Gasteiger partial charge is 0.0654 e. The molecule has 2 aromatic carbocycles. The fourth-order valence-corrected chi connectivity index (χ4v) is 3.45. The molecule has 0 heteroatoms. The summed E-state index contributed by atoms with van der Waals surface area (Å²) in [4.78, 5) is 0. The van der Waals surface area contributed by atoms with E-state index in [1.807, 2.05) is 0 Å². The van der Waals surface area contributed by atoms with Gasteiger partial charge in [-0.15, -0.1) is 0 Å². The fourth-order valence-electron chi connectivity index (χ4n) is 3.45. The van der Waals surface area contributed by atoms with Gasteiger partial charge in [-0.3, -0.25) is 0 Å². The fraction of sp³-hybridized carbons (Fsp3) is 0.429. The van der Waals surface area contributed by atoms with E-state index in [0.717, 1.165) is 0 Å². The quantitative estimate of drug-likeness (QED) is 0.550. The molecular formula is C21H28. The number of hydrogen-bond acceptors (Lipinski definition) is 0. The minimum absolute atomic E-state index is 0.556. The zero-order valence-electron chi connectivity index (χ0n) is 13.6. The standard InChI is InChI=1S/C21H28/c1-4-5-12-17(2)21(20-15-10-7-11-16-20)18(3)19-13-8-6-9-14-19/h6-11,13-18,21H,4-5,12H2,1-3H3. The minimum atomic E-state index is 0.556. The summed E-state index contributed by atoms with van der Waals surface area (Å²) in [5, 5.41) is 0. The molecule has 2 rings (SSSR count). The Morgan fingerprint density at radius 1 is 0.762 bits per heavy atom. The first kappa shape index (κ1) is 15.8. The average molecular weight is 280 g/mol. The Kier molecular flexibility index (Phi) is 6.04. The summed E-state index contributed by atoms with van der Waals surface area (Å²) in [6, 6.07) is 22.0. The number of hydrogen-bond donors (Lipinski definition) is 0. The van der Waals surface area contributed by atoms with Gasteiger partial charge in [0.1, 0.15) is 0 Å². The number of rotatable bonds is 7. The second-order valence-corrected chi connectivity index (χ2v) is 6.26. The third-order valence-electron chi connectivity index (χ3n) is 4.67. The highest BCUT2D eigenvalue weighted by atomic mass is 14.3. The Morgan fingerprint density at radius 3 is 1.81 bits per heavy atom. The Morgan fingerprint density at radius 2 is 1.29 bits per heavy atom. The molecule has 0 heterocycles. The maximum atomic E-state index is 2.42. The van der Waals surface area contributed by atoms with Crippen molar-refractivity contribution in [2.45, 2.75) is 51.9 Å². The Bertz CT molecular complexity index is 500. The first-order valence-electron chi connectivity index (χ1n) is 8.34. The summed E-state index contributed by atoms with van der Waals surface area (Å²) < 4.78 is 0. The molecule has 0 aliphatic heterocycles. The molecule has 0 aromatic heterocycles. The Balaban J connectivity index is 2.27. The zero-order chi connectivity index (χ0) is 15.1. The molecule has 0 fully saturated rings. The maximum Gasteiger partial charge on any atom is -0.00700 e. The summed E-state index contributed by atoms with van der Waals surface area (Å²) in [6.45, 7) is 7.09. The van der Waals surface area contributed by atoms with Gasteiger partial charge in [-0.2, -0.15) is 0 Å². The molecule has 0 bridgehead atoms. The van der Waals surface area contributed by atoms with Crippen LogP contribution in [0.3, 0.4) is 0 Å². The number of unbranched alkanes of at least 4 members (excludes halogenated alkanes) is 1. The van der Waals surface area contributed by atoms with Gasteiger partial charge in [0.2, 0.25) is 0 Å². The Hall–Kier alpha value is -1.56. The molecule has 3 unspecified atom stereocenters. The van der Waals surface area contributed by atoms with Crippen LogP contribution in [-0.2, 0) is 0 Å². The van der Waals surface area contributed by atoms with Crippen LogP contribution in [0.4, 0.5) is 0 Å². The molecule has 21 heavy (non-hydrogen) atoms. The van der Waals surface area contributed by atoms with Crippen molar-refractivity contribution in [3.63, 3.8) is 0 Å². The monoisotopic (exact) mass is 280 g/mol. The lowest BCUT2D eigenvalue weighted by Gasteiger charge is -2.31. The summed E-state index contributed by atoms with van der Waals surface area (Å²) in [7, 11) is 0. The molecule has 0 N–H and O–H groups in total. The maximum absolute atomic E-state index is 2.42. The molecule has 0 saturated carbocycles. The second-order valence-electron chi connectivity index (χ2n) is 6.26. The van der Waals surface area contributed by atoms with E-state index in [0.29, 0.717) is 17.8 Å². The van der Waals surface area contributed by atoms with Crippen molar-refractivity contribution < 1.29 is 0 Å².